The first-order valence-electron chi connectivity index (χ1n) is 6.45. The largest absolute Gasteiger partial charge is 0.494 e. The highest BCUT2D eigenvalue weighted by atomic mass is 19.1. The molecule has 0 spiro atoms. The summed E-state index contributed by atoms with van der Waals surface area (Å²) in [6.07, 6.45) is -0.704. The number of methoxy groups -OCH3 is 1. The number of carbonyl (C=O) groups is 1. The van der Waals surface area contributed by atoms with E-state index < -0.39 is 17.8 Å². The molecular weight excluding hydrogens is 273 g/mol. The first kappa shape index (κ1) is 15.0. The number of amides is 1. The van der Waals surface area contributed by atoms with E-state index in [1.54, 1.807) is 31.2 Å². The average Bonchev–Trinajstić information content (AvgIpc) is 2.48. The minimum absolute atomic E-state index is 0.00598. The Balaban J connectivity index is 2.26. The minimum atomic E-state index is -0.704. The fraction of sp³-hybridized carbons (Fsp3) is 0.188. The van der Waals surface area contributed by atoms with Crippen LogP contribution in [0.3, 0.4) is 0 Å². The lowest BCUT2D eigenvalue weighted by atomic mass is 10.1. The third kappa shape index (κ3) is 3.38. The van der Waals surface area contributed by atoms with Gasteiger partial charge in [-0.25, -0.2) is 4.39 Å². The maximum Gasteiger partial charge on any atom is 0.255 e. The summed E-state index contributed by atoms with van der Waals surface area (Å²) in [5.74, 6) is -0.925. The van der Waals surface area contributed by atoms with Crippen LogP contribution in [0.2, 0.25) is 0 Å². The van der Waals surface area contributed by atoms with Crippen molar-refractivity contribution < 1.29 is 19.0 Å². The zero-order valence-electron chi connectivity index (χ0n) is 11.8. The average molecular weight is 289 g/mol. The third-order valence-corrected chi connectivity index (χ3v) is 3.07. The van der Waals surface area contributed by atoms with Crippen LogP contribution in [0.25, 0.3) is 0 Å². The topological polar surface area (TPSA) is 58.6 Å². The normalized spacial score (nSPS) is 11.8. The molecule has 0 aliphatic heterocycles. The summed E-state index contributed by atoms with van der Waals surface area (Å²) < 4.78 is 18.2. The number of ether oxygens (including phenoxy) is 1. The molecule has 2 rings (SSSR count). The first-order valence-corrected chi connectivity index (χ1v) is 6.45. The molecule has 0 bridgehead atoms. The van der Waals surface area contributed by atoms with E-state index in [0.29, 0.717) is 11.3 Å². The quantitative estimate of drug-likeness (QED) is 0.909. The number of aliphatic hydroxyl groups excluding tert-OH is 1. The fourth-order valence-electron chi connectivity index (χ4n) is 1.97. The van der Waals surface area contributed by atoms with Crippen LogP contribution in [-0.2, 0) is 0 Å². The summed E-state index contributed by atoms with van der Waals surface area (Å²) in [6.45, 7) is 1.62. The summed E-state index contributed by atoms with van der Waals surface area (Å²) >= 11 is 0. The van der Waals surface area contributed by atoms with Gasteiger partial charge in [0.2, 0.25) is 0 Å². The van der Waals surface area contributed by atoms with Crippen LogP contribution >= 0.6 is 0 Å². The molecule has 1 amide bonds. The van der Waals surface area contributed by atoms with Gasteiger partial charge in [-0.2, -0.15) is 0 Å². The summed E-state index contributed by atoms with van der Waals surface area (Å²) in [6, 6.07) is 10.8. The van der Waals surface area contributed by atoms with Gasteiger partial charge in [0.15, 0.2) is 11.6 Å². The molecule has 2 N–H and O–H groups in total. The predicted octanol–water partition coefficient (Wildman–Crippen LogP) is 3.14. The summed E-state index contributed by atoms with van der Waals surface area (Å²) in [7, 11) is 1.34. The molecule has 5 heteroatoms. The van der Waals surface area contributed by atoms with E-state index in [-0.39, 0.29) is 11.3 Å². The second kappa shape index (κ2) is 6.37. The van der Waals surface area contributed by atoms with Crippen molar-refractivity contribution in [2.75, 3.05) is 12.4 Å². The molecule has 21 heavy (non-hydrogen) atoms. The van der Waals surface area contributed by atoms with Crippen LogP contribution in [0.5, 0.6) is 5.75 Å². The lowest BCUT2D eigenvalue weighted by molar-refractivity contribution is 0.102. The van der Waals surface area contributed by atoms with Crippen molar-refractivity contribution in [3.63, 3.8) is 0 Å². The van der Waals surface area contributed by atoms with Gasteiger partial charge < -0.3 is 15.2 Å². The number of nitrogens with one attached hydrogen (secondary N) is 1. The molecule has 0 aromatic heterocycles. The molecule has 2 aromatic carbocycles. The van der Waals surface area contributed by atoms with Gasteiger partial charge in [-0.05, 0) is 31.2 Å². The minimum Gasteiger partial charge on any atom is -0.494 e. The van der Waals surface area contributed by atoms with Gasteiger partial charge in [0.25, 0.3) is 5.91 Å². The van der Waals surface area contributed by atoms with Gasteiger partial charge in [-0.1, -0.05) is 18.2 Å². The Morgan fingerprint density at radius 2 is 2.00 bits per heavy atom. The maximum absolute atomic E-state index is 13.3. The highest BCUT2D eigenvalue weighted by Gasteiger charge is 2.13. The summed E-state index contributed by atoms with van der Waals surface area (Å²) in [5, 5.41) is 12.4. The number of para-hydroxylation sites is 1. The van der Waals surface area contributed by atoms with Crippen LogP contribution in [0, 0.1) is 5.82 Å². The van der Waals surface area contributed by atoms with Crippen LogP contribution < -0.4 is 10.1 Å². The number of hydrogen-bond acceptors (Lipinski definition) is 3. The van der Waals surface area contributed by atoms with E-state index in [1.165, 1.54) is 25.3 Å². The zero-order chi connectivity index (χ0) is 15.4. The number of benzene rings is 2. The number of aliphatic hydroxyl groups is 1. The first-order chi connectivity index (χ1) is 10.0. The van der Waals surface area contributed by atoms with Crippen molar-refractivity contribution in [3.8, 4) is 5.75 Å². The molecule has 0 aliphatic carbocycles. The molecule has 110 valence electrons. The number of anilines is 1. The van der Waals surface area contributed by atoms with Gasteiger partial charge in [0.05, 0.1) is 13.2 Å². The Bertz CT molecular complexity index is 656. The summed E-state index contributed by atoms with van der Waals surface area (Å²) in [4.78, 5) is 12.2. The highest BCUT2D eigenvalue weighted by Crippen LogP contribution is 2.24. The molecule has 0 fully saturated rings. The highest BCUT2D eigenvalue weighted by molar-refractivity contribution is 6.04. The third-order valence-electron chi connectivity index (χ3n) is 3.07. The number of halogens is 1. The molecule has 0 saturated carbocycles. The zero-order valence-corrected chi connectivity index (χ0v) is 11.8. The van der Waals surface area contributed by atoms with Crippen LogP contribution in [0.4, 0.5) is 10.1 Å². The Labute approximate surface area is 122 Å². The molecule has 0 heterocycles. The van der Waals surface area contributed by atoms with Crippen LogP contribution in [0.1, 0.15) is 28.9 Å². The Morgan fingerprint density at radius 1 is 1.29 bits per heavy atom. The standard InChI is InChI=1S/C16H16FNO3/c1-10(19)12-5-3-4-6-14(12)18-16(20)11-7-8-13(17)15(9-11)21-2/h3-10,19H,1-2H3,(H,18,20). The number of carbonyl (C=O) groups excluding carboxylic acids is 1. The van der Waals surface area contributed by atoms with E-state index in [1.807, 2.05) is 0 Å². The van der Waals surface area contributed by atoms with Crippen LogP contribution in [0.15, 0.2) is 42.5 Å². The SMILES string of the molecule is COc1cc(C(=O)Nc2ccccc2C(C)O)ccc1F. The molecule has 0 radical (unpaired) electrons. The molecular formula is C16H16FNO3. The smallest absolute Gasteiger partial charge is 0.255 e. The Morgan fingerprint density at radius 3 is 2.67 bits per heavy atom. The molecule has 0 aliphatic rings. The molecule has 4 nitrogen and oxygen atoms in total. The van der Waals surface area contributed by atoms with Gasteiger partial charge >= 0.3 is 0 Å². The molecule has 2 aromatic rings. The number of rotatable bonds is 4. The van der Waals surface area contributed by atoms with E-state index in [0.717, 1.165) is 0 Å². The van der Waals surface area contributed by atoms with Crippen molar-refractivity contribution >= 4 is 11.6 Å². The van der Waals surface area contributed by atoms with Crippen LogP contribution in [-0.4, -0.2) is 18.1 Å². The second-order valence-corrected chi connectivity index (χ2v) is 4.57. The lowest BCUT2D eigenvalue weighted by Gasteiger charge is -2.13. The maximum atomic E-state index is 13.3. The van der Waals surface area contributed by atoms with Crippen molar-refractivity contribution in [3.05, 3.63) is 59.4 Å². The van der Waals surface area contributed by atoms with E-state index >= 15 is 0 Å². The second-order valence-electron chi connectivity index (χ2n) is 4.57. The van der Waals surface area contributed by atoms with Crippen molar-refractivity contribution in [2.24, 2.45) is 0 Å². The van der Waals surface area contributed by atoms with Gasteiger partial charge in [-0.3, -0.25) is 4.79 Å². The molecule has 1 atom stereocenters. The molecule has 1 unspecified atom stereocenters. The number of hydrogen-bond donors (Lipinski definition) is 2. The van der Waals surface area contributed by atoms with Gasteiger partial charge in [-0.15, -0.1) is 0 Å². The monoisotopic (exact) mass is 289 g/mol. The Hall–Kier alpha value is -2.40. The summed E-state index contributed by atoms with van der Waals surface area (Å²) in [5.41, 5.74) is 1.40. The fourth-order valence-corrected chi connectivity index (χ4v) is 1.97. The predicted molar refractivity (Wildman–Crippen MR) is 78.0 cm³/mol. The van der Waals surface area contributed by atoms with Crippen molar-refractivity contribution in [1.29, 1.82) is 0 Å². The van der Waals surface area contributed by atoms with Gasteiger partial charge in [0, 0.05) is 16.8 Å². The van der Waals surface area contributed by atoms with E-state index in [9.17, 15) is 14.3 Å². The van der Waals surface area contributed by atoms with Crippen molar-refractivity contribution in [1.82, 2.24) is 0 Å². The Kier molecular flexibility index (Phi) is 4.55. The lowest BCUT2D eigenvalue weighted by Crippen LogP contribution is -2.14. The molecule has 0 saturated heterocycles. The van der Waals surface area contributed by atoms with Gasteiger partial charge in [0.1, 0.15) is 0 Å². The van der Waals surface area contributed by atoms with E-state index in [2.05, 4.69) is 5.32 Å². The van der Waals surface area contributed by atoms with Crippen molar-refractivity contribution in [2.45, 2.75) is 13.0 Å². The van der Waals surface area contributed by atoms with E-state index in [4.69, 9.17) is 4.74 Å².